The monoisotopic (exact) mass is 497 g/mol. The Bertz CT molecular complexity index is 1170. The first-order valence-electron chi connectivity index (χ1n) is 12.6. The second-order valence-corrected chi connectivity index (χ2v) is 11.4. The van der Waals surface area contributed by atoms with Crippen LogP contribution in [0.4, 0.5) is 5.69 Å². The molecule has 0 aromatic heterocycles. The maximum atomic E-state index is 13.6. The molecule has 0 saturated carbocycles. The first kappa shape index (κ1) is 24.6. The molecule has 0 bridgehead atoms. The van der Waals surface area contributed by atoms with E-state index in [9.17, 15) is 19.5 Å². The number of benzene rings is 1. The van der Waals surface area contributed by atoms with Crippen molar-refractivity contribution in [1.29, 1.82) is 0 Å². The highest BCUT2D eigenvalue weighted by Gasteiger charge is 2.57. The van der Waals surface area contributed by atoms with Crippen molar-refractivity contribution in [3.63, 3.8) is 0 Å². The highest BCUT2D eigenvalue weighted by Crippen LogP contribution is 2.52. The first-order valence-corrected chi connectivity index (χ1v) is 12.6. The number of piperazine rings is 1. The molecule has 0 radical (unpaired) electrons. The number of nitrogens with zero attached hydrogens (tertiary/aromatic N) is 2. The van der Waals surface area contributed by atoms with Gasteiger partial charge in [0.15, 0.2) is 11.5 Å². The molecule has 5 rings (SSSR count). The molecule has 2 fully saturated rings. The van der Waals surface area contributed by atoms with Crippen molar-refractivity contribution in [2.24, 2.45) is 5.92 Å². The molecule has 2 saturated heterocycles. The number of rotatable bonds is 3. The Kier molecular flexibility index (Phi) is 5.45. The maximum Gasteiger partial charge on any atom is 0.248 e. The van der Waals surface area contributed by atoms with Crippen LogP contribution in [-0.2, 0) is 19.8 Å². The summed E-state index contributed by atoms with van der Waals surface area (Å²) in [4.78, 5) is 43.2. The van der Waals surface area contributed by atoms with Crippen molar-refractivity contribution >= 4 is 23.4 Å². The molecule has 36 heavy (non-hydrogen) atoms. The van der Waals surface area contributed by atoms with Crippen molar-refractivity contribution in [3.05, 3.63) is 30.0 Å². The minimum atomic E-state index is -1.32. The second-order valence-electron chi connectivity index (χ2n) is 11.4. The topological polar surface area (TPSA) is 108 Å². The highest BCUT2D eigenvalue weighted by molar-refractivity contribution is 6.08. The third-order valence-corrected chi connectivity index (χ3v) is 8.73. The summed E-state index contributed by atoms with van der Waals surface area (Å²) in [5.41, 5.74) is -1.43. The van der Waals surface area contributed by atoms with E-state index < -0.39 is 28.7 Å². The zero-order chi connectivity index (χ0) is 26.2. The molecule has 194 valence electrons. The normalized spacial score (nSPS) is 34.8. The number of nitrogens with one attached hydrogen (secondary N) is 1. The summed E-state index contributed by atoms with van der Waals surface area (Å²) >= 11 is 0. The van der Waals surface area contributed by atoms with Crippen LogP contribution in [0, 0.1) is 5.92 Å². The summed E-state index contributed by atoms with van der Waals surface area (Å²) in [7, 11) is 1.70. The number of hydrogen-bond donors (Lipinski definition) is 2. The van der Waals surface area contributed by atoms with Gasteiger partial charge in [-0.2, -0.15) is 0 Å². The number of ether oxygens (including phenoxy) is 2. The summed E-state index contributed by atoms with van der Waals surface area (Å²) in [6, 6.07) is 2.40. The zero-order valence-corrected chi connectivity index (χ0v) is 21.8. The molecule has 0 unspecified atom stereocenters. The third-order valence-electron chi connectivity index (χ3n) is 8.73. The number of hydrogen-bond acceptors (Lipinski definition) is 6. The van der Waals surface area contributed by atoms with E-state index in [1.807, 2.05) is 39.0 Å². The molecule has 1 aromatic rings. The minimum absolute atomic E-state index is 0.141. The Balaban J connectivity index is 1.50. The number of anilines is 1. The fourth-order valence-electron chi connectivity index (χ4n) is 6.15. The van der Waals surface area contributed by atoms with Crippen LogP contribution in [-0.4, -0.2) is 69.5 Å². The van der Waals surface area contributed by atoms with Crippen LogP contribution in [0.15, 0.2) is 24.5 Å². The fraction of sp³-hybridized carbons (Fsp3) is 0.593. The lowest BCUT2D eigenvalue weighted by Crippen LogP contribution is -2.72. The van der Waals surface area contributed by atoms with E-state index in [-0.39, 0.29) is 36.6 Å². The fourth-order valence-corrected chi connectivity index (χ4v) is 6.15. The second kappa shape index (κ2) is 7.96. The predicted molar refractivity (Wildman–Crippen MR) is 133 cm³/mol. The summed E-state index contributed by atoms with van der Waals surface area (Å²) in [6.07, 6.45) is 4.40. The number of carbonyl (C=O) groups is 3. The molecule has 0 aliphatic carbocycles. The molecule has 9 nitrogen and oxygen atoms in total. The van der Waals surface area contributed by atoms with Gasteiger partial charge in [-0.25, -0.2) is 0 Å². The molecule has 1 aromatic carbocycles. The van der Waals surface area contributed by atoms with Gasteiger partial charge in [-0.05, 0) is 57.2 Å². The van der Waals surface area contributed by atoms with E-state index in [0.29, 0.717) is 30.0 Å². The summed E-state index contributed by atoms with van der Waals surface area (Å²) in [5, 5.41) is 14.1. The lowest BCUT2D eigenvalue weighted by Gasteiger charge is -2.54. The SMILES string of the molecule is CC[C@@]1(C[C@@H]2CN3C(=O)C[C@@H](C)[C@@](C)(O)[C@@H]3C(=O)N2C)C(=O)Nc2c1ccc1c2OC=CC(C)(C)O1. The van der Waals surface area contributed by atoms with Gasteiger partial charge in [0.05, 0.1) is 29.0 Å². The van der Waals surface area contributed by atoms with E-state index in [0.717, 1.165) is 5.56 Å². The molecule has 9 heteroatoms. The number of aliphatic hydroxyl groups is 1. The molecule has 2 N–H and O–H groups in total. The number of fused-ring (bicyclic) bond motifs is 4. The van der Waals surface area contributed by atoms with E-state index in [1.54, 1.807) is 32.1 Å². The molecular formula is C27H35N3O6. The average Bonchev–Trinajstić information content (AvgIpc) is 2.96. The Morgan fingerprint density at radius 2 is 1.92 bits per heavy atom. The van der Waals surface area contributed by atoms with Gasteiger partial charge in [-0.3, -0.25) is 14.4 Å². The summed E-state index contributed by atoms with van der Waals surface area (Å²) < 4.78 is 12.0. The Hall–Kier alpha value is -3.07. The Morgan fingerprint density at radius 3 is 2.61 bits per heavy atom. The maximum absolute atomic E-state index is 13.6. The number of likely N-dealkylation sites (N-methyl/N-ethyl adjacent to an activating group) is 1. The van der Waals surface area contributed by atoms with Crippen LogP contribution in [0.2, 0.25) is 0 Å². The highest BCUT2D eigenvalue weighted by atomic mass is 16.5. The van der Waals surface area contributed by atoms with Gasteiger partial charge >= 0.3 is 0 Å². The van der Waals surface area contributed by atoms with Crippen LogP contribution in [0.3, 0.4) is 0 Å². The van der Waals surface area contributed by atoms with Gasteiger partial charge in [0, 0.05) is 20.0 Å². The third kappa shape index (κ3) is 3.43. The lowest BCUT2D eigenvalue weighted by molar-refractivity contribution is -0.183. The van der Waals surface area contributed by atoms with Gasteiger partial charge in [0.1, 0.15) is 11.6 Å². The lowest BCUT2D eigenvalue weighted by atomic mass is 9.71. The van der Waals surface area contributed by atoms with Gasteiger partial charge in [0.2, 0.25) is 17.7 Å². The van der Waals surface area contributed by atoms with Crippen LogP contribution >= 0.6 is 0 Å². The summed E-state index contributed by atoms with van der Waals surface area (Å²) in [5.74, 6) is 0.0650. The van der Waals surface area contributed by atoms with Crippen LogP contribution in [0.25, 0.3) is 0 Å². The first-order chi connectivity index (χ1) is 16.8. The van der Waals surface area contributed by atoms with E-state index in [4.69, 9.17) is 9.47 Å². The molecule has 5 atom stereocenters. The van der Waals surface area contributed by atoms with Gasteiger partial charge in [0.25, 0.3) is 0 Å². The van der Waals surface area contributed by atoms with Crippen LogP contribution in [0.5, 0.6) is 11.5 Å². The van der Waals surface area contributed by atoms with Crippen molar-refractivity contribution in [2.45, 2.75) is 82.6 Å². The van der Waals surface area contributed by atoms with Gasteiger partial charge < -0.3 is 29.7 Å². The standard InChI is InChI=1S/C27H35N3O6/c1-7-27(13-16-14-30-19(31)12-15(2)26(5,34)22(30)23(32)29(16)6)17-8-9-18-21(20(17)28-24(27)33)35-11-10-25(3,4)36-18/h8-11,15-16,22,34H,7,12-14H2,1-6H3,(H,28,33)/t15-,16-,22+,26-,27+/m1/s1. The molecule has 3 amide bonds. The number of piperidine rings is 1. The largest absolute Gasteiger partial charge is 0.480 e. The molecule has 4 aliphatic heterocycles. The zero-order valence-electron chi connectivity index (χ0n) is 21.8. The molecule has 4 aliphatic rings. The molecule has 4 heterocycles. The van der Waals surface area contributed by atoms with Crippen LogP contribution < -0.4 is 14.8 Å². The van der Waals surface area contributed by atoms with Crippen molar-refractivity contribution < 1.29 is 29.0 Å². The van der Waals surface area contributed by atoms with Gasteiger partial charge in [-0.1, -0.05) is 19.9 Å². The molecule has 0 spiro atoms. The summed E-state index contributed by atoms with van der Waals surface area (Å²) in [6.45, 7) is 9.49. The van der Waals surface area contributed by atoms with Crippen molar-refractivity contribution in [2.75, 3.05) is 18.9 Å². The Labute approximate surface area is 211 Å². The smallest absolute Gasteiger partial charge is 0.248 e. The van der Waals surface area contributed by atoms with E-state index in [1.165, 1.54) is 4.90 Å². The Morgan fingerprint density at radius 1 is 1.19 bits per heavy atom. The van der Waals surface area contributed by atoms with E-state index in [2.05, 4.69) is 5.32 Å². The molecular weight excluding hydrogens is 462 g/mol. The predicted octanol–water partition coefficient (Wildman–Crippen LogP) is 2.57. The minimum Gasteiger partial charge on any atom is -0.480 e. The number of amides is 3. The number of carbonyl (C=O) groups excluding carboxylic acids is 3. The van der Waals surface area contributed by atoms with Crippen molar-refractivity contribution in [1.82, 2.24) is 9.80 Å². The van der Waals surface area contributed by atoms with Gasteiger partial charge in [-0.15, -0.1) is 0 Å². The average molecular weight is 498 g/mol. The van der Waals surface area contributed by atoms with Crippen molar-refractivity contribution in [3.8, 4) is 11.5 Å². The van der Waals surface area contributed by atoms with Crippen LogP contribution in [0.1, 0.15) is 59.4 Å². The quantitative estimate of drug-likeness (QED) is 0.665. The van der Waals surface area contributed by atoms with E-state index >= 15 is 0 Å².